The molecule has 0 unspecified atom stereocenters. The number of anilines is 1. The molecule has 0 aliphatic carbocycles. The van der Waals surface area contributed by atoms with E-state index in [1.165, 1.54) is 0 Å². The largest absolute Gasteiger partial charge is 0.381 e. The lowest BCUT2D eigenvalue weighted by Gasteiger charge is -2.31. The van der Waals surface area contributed by atoms with Crippen molar-refractivity contribution in [1.82, 2.24) is 9.88 Å². The average molecular weight is 328 g/mol. The van der Waals surface area contributed by atoms with Crippen molar-refractivity contribution in [3.8, 4) is 0 Å². The molecule has 19 heavy (non-hydrogen) atoms. The third-order valence-corrected chi connectivity index (χ3v) is 3.82. The zero-order chi connectivity index (χ0) is 13.8. The standard InChI is InChI=1S/C13H18BrN3O2/c1-15-12-11(7-9(14)8-16-12)13(18)17-5-3-10(19-2)4-6-17/h7-8,10H,3-6H2,1-2H3,(H,15,16). The van der Waals surface area contributed by atoms with Crippen molar-refractivity contribution in [2.75, 3.05) is 32.6 Å². The van der Waals surface area contributed by atoms with E-state index < -0.39 is 0 Å². The van der Waals surface area contributed by atoms with Crippen molar-refractivity contribution in [2.24, 2.45) is 0 Å². The second-order valence-electron chi connectivity index (χ2n) is 4.53. The molecule has 5 nitrogen and oxygen atoms in total. The molecule has 2 rings (SSSR count). The molecule has 1 amide bonds. The highest BCUT2D eigenvalue weighted by molar-refractivity contribution is 9.10. The van der Waals surface area contributed by atoms with Gasteiger partial charge >= 0.3 is 0 Å². The second-order valence-corrected chi connectivity index (χ2v) is 5.44. The van der Waals surface area contributed by atoms with Crippen LogP contribution in [-0.2, 0) is 4.74 Å². The van der Waals surface area contributed by atoms with Crippen LogP contribution in [0.4, 0.5) is 5.82 Å². The van der Waals surface area contributed by atoms with Gasteiger partial charge in [0.1, 0.15) is 5.82 Å². The fourth-order valence-electron chi connectivity index (χ4n) is 2.27. The van der Waals surface area contributed by atoms with Crippen LogP contribution in [0.5, 0.6) is 0 Å². The molecule has 1 saturated heterocycles. The van der Waals surface area contributed by atoms with Crippen molar-refractivity contribution < 1.29 is 9.53 Å². The van der Waals surface area contributed by atoms with Crippen LogP contribution in [0.3, 0.4) is 0 Å². The van der Waals surface area contributed by atoms with E-state index in [4.69, 9.17) is 4.74 Å². The van der Waals surface area contributed by atoms with E-state index in [9.17, 15) is 4.79 Å². The van der Waals surface area contributed by atoms with Gasteiger partial charge in [-0.2, -0.15) is 0 Å². The molecule has 1 aromatic heterocycles. The van der Waals surface area contributed by atoms with E-state index in [1.807, 2.05) is 11.0 Å². The van der Waals surface area contributed by atoms with Crippen molar-refractivity contribution in [3.63, 3.8) is 0 Å². The summed E-state index contributed by atoms with van der Waals surface area (Å²) in [6.07, 6.45) is 3.73. The monoisotopic (exact) mass is 327 g/mol. The van der Waals surface area contributed by atoms with Gasteiger partial charge in [0.25, 0.3) is 5.91 Å². The van der Waals surface area contributed by atoms with Crippen molar-refractivity contribution >= 4 is 27.7 Å². The number of aromatic nitrogens is 1. The van der Waals surface area contributed by atoms with Gasteiger partial charge in [-0.25, -0.2) is 4.98 Å². The number of nitrogens with one attached hydrogen (secondary N) is 1. The number of nitrogens with zero attached hydrogens (tertiary/aromatic N) is 2. The lowest BCUT2D eigenvalue weighted by molar-refractivity contribution is 0.0351. The Balaban J connectivity index is 2.14. The first-order valence-electron chi connectivity index (χ1n) is 6.31. The quantitative estimate of drug-likeness (QED) is 0.924. The maximum absolute atomic E-state index is 12.5. The molecule has 104 valence electrons. The molecule has 0 bridgehead atoms. The second kappa shape index (κ2) is 6.34. The molecule has 0 saturated carbocycles. The predicted molar refractivity (Wildman–Crippen MR) is 77.4 cm³/mol. The number of carbonyl (C=O) groups excluding carboxylic acids is 1. The Morgan fingerprint density at radius 1 is 1.53 bits per heavy atom. The zero-order valence-corrected chi connectivity index (χ0v) is 12.7. The fraction of sp³-hybridized carbons (Fsp3) is 0.538. The van der Waals surface area contributed by atoms with Crippen molar-refractivity contribution in [2.45, 2.75) is 18.9 Å². The Labute approximate surface area is 121 Å². The summed E-state index contributed by atoms with van der Waals surface area (Å²) in [7, 11) is 3.49. The Morgan fingerprint density at radius 3 is 2.79 bits per heavy atom. The highest BCUT2D eigenvalue weighted by atomic mass is 79.9. The van der Waals surface area contributed by atoms with Crippen molar-refractivity contribution in [1.29, 1.82) is 0 Å². The minimum absolute atomic E-state index is 0.0210. The van der Waals surface area contributed by atoms with Crippen LogP contribution in [0.25, 0.3) is 0 Å². The van der Waals surface area contributed by atoms with Crippen LogP contribution in [0, 0.1) is 0 Å². The first-order valence-corrected chi connectivity index (χ1v) is 7.10. The molecule has 0 aromatic carbocycles. The fourth-order valence-corrected chi connectivity index (χ4v) is 2.60. The molecule has 2 heterocycles. The van der Waals surface area contributed by atoms with Gasteiger partial charge in [0.15, 0.2) is 0 Å². The number of hydrogen-bond donors (Lipinski definition) is 1. The molecule has 1 fully saturated rings. The topological polar surface area (TPSA) is 54.5 Å². The normalized spacial score (nSPS) is 16.5. The van der Waals surface area contributed by atoms with Crippen LogP contribution < -0.4 is 5.32 Å². The average Bonchev–Trinajstić information content (AvgIpc) is 2.46. The number of carbonyl (C=O) groups is 1. The summed E-state index contributed by atoms with van der Waals surface area (Å²) < 4.78 is 6.13. The third-order valence-electron chi connectivity index (χ3n) is 3.38. The van der Waals surface area contributed by atoms with Crippen LogP contribution in [-0.4, -0.2) is 49.1 Å². The maximum atomic E-state index is 12.5. The molecule has 1 aliphatic heterocycles. The van der Waals surface area contributed by atoms with E-state index >= 15 is 0 Å². The molecule has 1 aromatic rings. The smallest absolute Gasteiger partial charge is 0.257 e. The van der Waals surface area contributed by atoms with Crippen LogP contribution in [0.2, 0.25) is 0 Å². The number of amides is 1. The molecular weight excluding hydrogens is 310 g/mol. The first-order chi connectivity index (χ1) is 9.15. The number of hydrogen-bond acceptors (Lipinski definition) is 4. The molecule has 6 heteroatoms. The Kier molecular flexibility index (Phi) is 4.76. The van der Waals surface area contributed by atoms with E-state index in [-0.39, 0.29) is 12.0 Å². The van der Waals surface area contributed by atoms with Gasteiger partial charge in [0.2, 0.25) is 0 Å². The van der Waals surface area contributed by atoms with Gasteiger partial charge in [-0.1, -0.05) is 0 Å². The molecule has 0 atom stereocenters. The van der Waals surface area contributed by atoms with Gasteiger partial charge in [-0.05, 0) is 34.8 Å². The number of ether oxygens (including phenoxy) is 1. The molecule has 1 aliphatic rings. The van der Waals surface area contributed by atoms with E-state index in [0.29, 0.717) is 11.4 Å². The highest BCUT2D eigenvalue weighted by Gasteiger charge is 2.25. The summed E-state index contributed by atoms with van der Waals surface area (Å²) in [5.41, 5.74) is 0.604. The summed E-state index contributed by atoms with van der Waals surface area (Å²) in [5.74, 6) is 0.634. The molecular formula is C13H18BrN3O2. The number of piperidine rings is 1. The van der Waals surface area contributed by atoms with E-state index in [2.05, 4.69) is 26.2 Å². The van der Waals surface area contributed by atoms with E-state index in [1.54, 1.807) is 20.4 Å². The molecule has 0 spiro atoms. The highest BCUT2D eigenvalue weighted by Crippen LogP contribution is 2.22. The van der Waals surface area contributed by atoms with Gasteiger partial charge in [0.05, 0.1) is 11.7 Å². The third kappa shape index (κ3) is 3.25. The Bertz CT molecular complexity index is 459. The summed E-state index contributed by atoms with van der Waals surface area (Å²) in [6, 6.07) is 1.81. The number of rotatable bonds is 3. The number of halogens is 1. The Morgan fingerprint density at radius 2 is 2.21 bits per heavy atom. The van der Waals surface area contributed by atoms with Gasteiger partial charge in [-0.15, -0.1) is 0 Å². The van der Waals surface area contributed by atoms with Crippen LogP contribution in [0.1, 0.15) is 23.2 Å². The summed E-state index contributed by atoms with van der Waals surface area (Å²) >= 11 is 3.36. The first kappa shape index (κ1) is 14.3. The SMILES string of the molecule is CNc1ncc(Br)cc1C(=O)N1CCC(OC)CC1. The van der Waals surface area contributed by atoms with Crippen LogP contribution >= 0.6 is 15.9 Å². The lowest BCUT2D eigenvalue weighted by atomic mass is 10.1. The van der Waals surface area contributed by atoms with E-state index in [0.717, 1.165) is 30.4 Å². The lowest BCUT2D eigenvalue weighted by Crippen LogP contribution is -2.40. The zero-order valence-electron chi connectivity index (χ0n) is 11.1. The summed E-state index contributed by atoms with van der Waals surface area (Å²) in [6.45, 7) is 1.46. The number of likely N-dealkylation sites (tertiary alicyclic amines) is 1. The molecule has 1 N–H and O–H groups in total. The van der Waals surface area contributed by atoms with Gasteiger partial charge in [-0.3, -0.25) is 4.79 Å². The Hall–Kier alpha value is -1.14. The summed E-state index contributed by atoms with van der Waals surface area (Å²) in [4.78, 5) is 18.6. The number of pyridine rings is 1. The van der Waals surface area contributed by atoms with Crippen LogP contribution in [0.15, 0.2) is 16.7 Å². The van der Waals surface area contributed by atoms with Gasteiger partial charge < -0.3 is 15.0 Å². The minimum atomic E-state index is 0.0210. The molecule has 0 radical (unpaired) electrons. The summed E-state index contributed by atoms with van der Waals surface area (Å²) in [5, 5.41) is 2.96. The maximum Gasteiger partial charge on any atom is 0.257 e. The number of methoxy groups -OCH3 is 1. The van der Waals surface area contributed by atoms with Crippen molar-refractivity contribution in [3.05, 3.63) is 22.3 Å². The van der Waals surface area contributed by atoms with Gasteiger partial charge in [0, 0.05) is 37.9 Å². The minimum Gasteiger partial charge on any atom is -0.381 e. The predicted octanol–water partition coefficient (Wildman–Crippen LogP) is 2.14.